The summed E-state index contributed by atoms with van der Waals surface area (Å²) in [5.41, 5.74) is 8.19. The van der Waals surface area contributed by atoms with Gasteiger partial charge < -0.3 is 5.73 Å². The zero-order chi connectivity index (χ0) is 10.6. The first-order chi connectivity index (χ1) is 6.65. The van der Waals surface area contributed by atoms with Crippen LogP contribution in [0, 0.1) is 12.8 Å². The molecule has 2 atom stereocenters. The molecule has 1 aromatic rings. The molecule has 2 heteroatoms. The third kappa shape index (κ3) is 2.81. The van der Waals surface area contributed by atoms with Gasteiger partial charge in [0.25, 0.3) is 0 Å². The maximum atomic E-state index is 6.13. The predicted octanol–water partition coefficient (Wildman–Crippen LogP) is 2.83. The van der Waals surface area contributed by atoms with E-state index in [-0.39, 0.29) is 6.04 Å². The number of nitrogens with two attached hydrogens (primary N) is 1. The molecule has 2 nitrogen and oxygen atoms in total. The number of hydrogen-bond acceptors (Lipinski definition) is 2. The van der Waals surface area contributed by atoms with Crippen LogP contribution in [-0.4, -0.2) is 4.98 Å². The minimum absolute atomic E-state index is 0.0786. The molecule has 0 aliphatic heterocycles. The van der Waals surface area contributed by atoms with E-state index >= 15 is 0 Å². The summed E-state index contributed by atoms with van der Waals surface area (Å²) in [6.45, 7) is 6.38. The van der Waals surface area contributed by atoms with Crippen LogP contribution in [0.25, 0.3) is 0 Å². The molecular weight excluding hydrogens is 172 g/mol. The molecule has 78 valence electrons. The third-order valence-corrected chi connectivity index (χ3v) is 2.61. The van der Waals surface area contributed by atoms with Crippen molar-refractivity contribution in [2.75, 3.05) is 0 Å². The second-order valence-electron chi connectivity index (χ2n) is 4.00. The first kappa shape index (κ1) is 11.2. The standard InChI is InChI=1S/C12H20N2/c1-4-6-9(2)12(13)11-8-5-7-10(3)14-11/h5,7-9,12H,4,6,13H2,1-3H3. The van der Waals surface area contributed by atoms with Crippen LogP contribution >= 0.6 is 0 Å². The van der Waals surface area contributed by atoms with E-state index in [1.165, 1.54) is 6.42 Å². The molecule has 0 amide bonds. The smallest absolute Gasteiger partial charge is 0.0576 e. The lowest BCUT2D eigenvalue weighted by Crippen LogP contribution is -2.20. The summed E-state index contributed by atoms with van der Waals surface area (Å²) in [5.74, 6) is 0.509. The molecule has 0 spiro atoms. The van der Waals surface area contributed by atoms with Gasteiger partial charge in [-0.05, 0) is 31.4 Å². The number of hydrogen-bond donors (Lipinski definition) is 1. The van der Waals surface area contributed by atoms with Crippen LogP contribution in [0.5, 0.6) is 0 Å². The van der Waals surface area contributed by atoms with Crippen molar-refractivity contribution in [1.82, 2.24) is 4.98 Å². The number of aromatic nitrogens is 1. The predicted molar refractivity (Wildman–Crippen MR) is 60.0 cm³/mol. The monoisotopic (exact) mass is 192 g/mol. The largest absolute Gasteiger partial charge is 0.322 e. The summed E-state index contributed by atoms with van der Waals surface area (Å²) in [7, 11) is 0. The second kappa shape index (κ2) is 5.11. The maximum Gasteiger partial charge on any atom is 0.0576 e. The Kier molecular flexibility index (Phi) is 4.08. The molecule has 2 N–H and O–H groups in total. The Balaban J connectivity index is 2.73. The van der Waals surface area contributed by atoms with Gasteiger partial charge in [-0.1, -0.05) is 26.3 Å². The Morgan fingerprint density at radius 3 is 2.71 bits per heavy atom. The summed E-state index contributed by atoms with van der Waals surface area (Å²) < 4.78 is 0. The molecule has 1 aromatic heterocycles. The van der Waals surface area contributed by atoms with Gasteiger partial charge in [-0.3, -0.25) is 4.98 Å². The lowest BCUT2D eigenvalue weighted by atomic mass is 9.95. The van der Waals surface area contributed by atoms with E-state index in [0.29, 0.717) is 5.92 Å². The van der Waals surface area contributed by atoms with Gasteiger partial charge in [-0.25, -0.2) is 0 Å². The van der Waals surface area contributed by atoms with Gasteiger partial charge in [0.15, 0.2) is 0 Å². The van der Waals surface area contributed by atoms with Crippen molar-refractivity contribution in [3.8, 4) is 0 Å². The average molecular weight is 192 g/mol. The Morgan fingerprint density at radius 2 is 2.14 bits per heavy atom. The van der Waals surface area contributed by atoms with Gasteiger partial charge in [0.2, 0.25) is 0 Å². The van der Waals surface area contributed by atoms with Crippen LogP contribution in [-0.2, 0) is 0 Å². The van der Waals surface area contributed by atoms with Crippen LogP contribution in [0.3, 0.4) is 0 Å². The van der Waals surface area contributed by atoms with E-state index < -0.39 is 0 Å². The quantitative estimate of drug-likeness (QED) is 0.796. The van der Waals surface area contributed by atoms with Crippen LogP contribution in [0.2, 0.25) is 0 Å². The number of rotatable bonds is 4. The highest BCUT2D eigenvalue weighted by Gasteiger charge is 2.14. The van der Waals surface area contributed by atoms with Gasteiger partial charge in [-0.2, -0.15) is 0 Å². The van der Waals surface area contributed by atoms with Crippen LogP contribution in [0.1, 0.15) is 44.1 Å². The molecule has 1 rings (SSSR count). The molecule has 0 bridgehead atoms. The molecular formula is C12H20N2. The fourth-order valence-electron chi connectivity index (χ4n) is 1.68. The Morgan fingerprint density at radius 1 is 1.43 bits per heavy atom. The minimum atomic E-state index is 0.0786. The highest BCUT2D eigenvalue weighted by Crippen LogP contribution is 2.21. The fourth-order valence-corrected chi connectivity index (χ4v) is 1.68. The maximum absolute atomic E-state index is 6.13. The Labute approximate surface area is 86.5 Å². The van der Waals surface area contributed by atoms with Gasteiger partial charge in [0.05, 0.1) is 5.69 Å². The van der Waals surface area contributed by atoms with E-state index in [1.54, 1.807) is 0 Å². The SMILES string of the molecule is CCCC(C)C(N)c1cccc(C)n1. The van der Waals surface area contributed by atoms with Crippen molar-refractivity contribution in [3.05, 3.63) is 29.6 Å². The fraction of sp³-hybridized carbons (Fsp3) is 0.583. The average Bonchev–Trinajstić information content (AvgIpc) is 2.17. The molecule has 14 heavy (non-hydrogen) atoms. The first-order valence-corrected chi connectivity index (χ1v) is 5.34. The van der Waals surface area contributed by atoms with E-state index in [9.17, 15) is 0 Å². The van der Waals surface area contributed by atoms with E-state index in [1.807, 2.05) is 25.1 Å². The van der Waals surface area contributed by atoms with Crippen LogP contribution < -0.4 is 5.73 Å². The zero-order valence-corrected chi connectivity index (χ0v) is 9.33. The molecule has 0 saturated heterocycles. The Bertz CT molecular complexity index is 283. The van der Waals surface area contributed by atoms with Crippen molar-refractivity contribution in [3.63, 3.8) is 0 Å². The summed E-state index contributed by atoms with van der Waals surface area (Å²) >= 11 is 0. The van der Waals surface area contributed by atoms with Gasteiger partial charge in [0, 0.05) is 11.7 Å². The zero-order valence-electron chi connectivity index (χ0n) is 9.33. The van der Waals surface area contributed by atoms with Gasteiger partial charge in [0.1, 0.15) is 0 Å². The van der Waals surface area contributed by atoms with Gasteiger partial charge >= 0.3 is 0 Å². The number of nitrogens with zero attached hydrogens (tertiary/aromatic N) is 1. The van der Waals surface area contributed by atoms with Crippen LogP contribution in [0.4, 0.5) is 0 Å². The lowest BCUT2D eigenvalue weighted by Gasteiger charge is -2.18. The molecule has 1 heterocycles. The highest BCUT2D eigenvalue weighted by atomic mass is 14.8. The van der Waals surface area contributed by atoms with Crippen molar-refractivity contribution < 1.29 is 0 Å². The number of pyridine rings is 1. The van der Waals surface area contributed by atoms with Gasteiger partial charge in [-0.15, -0.1) is 0 Å². The Hall–Kier alpha value is -0.890. The van der Waals surface area contributed by atoms with E-state index in [4.69, 9.17) is 5.73 Å². The van der Waals surface area contributed by atoms with E-state index in [0.717, 1.165) is 17.8 Å². The van der Waals surface area contributed by atoms with Crippen molar-refractivity contribution in [2.45, 2.75) is 39.7 Å². The minimum Gasteiger partial charge on any atom is -0.322 e. The highest BCUT2D eigenvalue weighted by molar-refractivity contribution is 5.13. The van der Waals surface area contributed by atoms with Crippen LogP contribution in [0.15, 0.2) is 18.2 Å². The number of aryl methyl sites for hydroxylation is 1. The molecule has 0 aliphatic rings. The molecule has 0 saturated carbocycles. The summed E-state index contributed by atoms with van der Waals surface area (Å²) in [5, 5.41) is 0. The van der Waals surface area contributed by atoms with Crippen molar-refractivity contribution in [1.29, 1.82) is 0 Å². The topological polar surface area (TPSA) is 38.9 Å². The molecule has 2 unspecified atom stereocenters. The first-order valence-electron chi connectivity index (χ1n) is 5.34. The second-order valence-corrected chi connectivity index (χ2v) is 4.00. The third-order valence-electron chi connectivity index (χ3n) is 2.61. The van der Waals surface area contributed by atoms with E-state index in [2.05, 4.69) is 18.8 Å². The lowest BCUT2D eigenvalue weighted by molar-refractivity contribution is 0.426. The summed E-state index contributed by atoms with van der Waals surface area (Å²) in [6, 6.07) is 6.12. The summed E-state index contributed by atoms with van der Waals surface area (Å²) in [4.78, 5) is 4.45. The molecule has 0 aromatic carbocycles. The van der Waals surface area contributed by atoms with Crippen molar-refractivity contribution in [2.24, 2.45) is 11.7 Å². The molecule has 0 aliphatic carbocycles. The molecule has 0 fully saturated rings. The van der Waals surface area contributed by atoms with Crippen molar-refractivity contribution >= 4 is 0 Å². The summed E-state index contributed by atoms with van der Waals surface area (Å²) in [6.07, 6.45) is 2.34. The molecule has 0 radical (unpaired) electrons. The normalized spacial score (nSPS) is 15.1.